The number of halogens is 2. The Labute approximate surface area is 84.3 Å². The van der Waals surface area contributed by atoms with Crippen LogP contribution in [0.5, 0.6) is 0 Å². The summed E-state index contributed by atoms with van der Waals surface area (Å²) in [6.45, 7) is 4.19. The van der Waals surface area contributed by atoms with E-state index < -0.39 is 0 Å². The van der Waals surface area contributed by atoms with Gasteiger partial charge in [-0.1, -0.05) is 11.6 Å². The van der Waals surface area contributed by atoms with Crippen LogP contribution < -0.4 is 0 Å². The highest BCUT2D eigenvalue weighted by atomic mass is 35.5. The monoisotopic (exact) mass is 207 g/mol. The normalized spacial score (nSPS) is 26.6. The molecule has 1 heterocycles. The highest BCUT2D eigenvalue weighted by molar-refractivity contribution is 6.25. The van der Waals surface area contributed by atoms with Crippen molar-refractivity contribution in [1.29, 1.82) is 0 Å². The molecule has 0 aromatic carbocycles. The fraction of sp³-hybridized carbons (Fsp3) is 0.778. The van der Waals surface area contributed by atoms with E-state index in [0.717, 1.165) is 12.4 Å². The van der Waals surface area contributed by atoms with Crippen molar-refractivity contribution < 1.29 is 0 Å². The zero-order valence-electron chi connectivity index (χ0n) is 7.39. The molecule has 0 radical (unpaired) electrons. The average Bonchev–Trinajstić information content (AvgIpc) is 2.51. The minimum atomic E-state index is 0.568. The second kappa shape index (κ2) is 5.11. The summed E-state index contributed by atoms with van der Waals surface area (Å²) >= 11 is 11.4. The van der Waals surface area contributed by atoms with Crippen molar-refractivity contribution in [1.82, 2.24) is 4.90 Å². The fourth-order valence-electron chi connectivity index (χ4n) is 1.63. The molecule has 0 aliphatic carbocycles. The summed E-state index contributed by atoms with van der Waals surface area (Å²) in [4.78, 5) is 2.40. The first kappa shape index (κ1) is 10.4. The third-order valence-corrected chi connectivity index (χ3v) is 3.04. The molecule has 0 aromatic rings. The van der Waals surface area contributed by atoms with Gasteiger partial charge in [0.2, 0.25) is 0 Å². The number of hydrogen-bond acceptors (Lipinski definition) is 1. The SMILES string of the molecule is CC(=CCl)CN1CCCC1CCl. The van der Waals surface area contributed by atoms with Gasteiger partial charge in [0.25, 0.3) is 0 Å². The van der Waals surface area contributed by atoms with E-state index in [1.807, 2.05) is 0 Å². The molecule has 0 spiro atoms. The Kier molecular flexibility index (Phi) is 4.41. The third-order valence-electron chi connectivity index (χ3n) is 2.32. The van der Waals surface area contributed by atoms with Crippen LogP contribution in [0.2, 0.25) is 0 Å². The van der Waals surface area contributed by atoms with Gasteiger partial charge in [0, 0.05) is 24.0 Å². The molecule has 0 N–H and O–H groups in total. The zero-order valence-corrected chi connectivity index (χ0v) is 8.91. The van der Waals surface area contributed by atoms with Gasteiger partial charge in [0.15, 0.2) is 0 Å². The minimum absolute atomic E-state index is 0.568. The van der Waals surface area contributed by atoms with Crippen LogP contribution in [0.15, 0.2) is 11.1 Å². The molecule has 1 saturated heterocycles. The van der Waals surface area contributed by atoms with Gasteiger partial charge in [0.05, 0.1) is 0 Å². The van der Waals surface area contributed by atoms with Crippen LogP contribution in [0.25, 0.3) is 0 Å². The van der Waals surface area contributed by atoms with E-state index in [0.29, 0.717) is 6.04 Å². The van der Waals surface area contributed by atoms with Gasteiger partial charge in [-0.15, -0.1) is 11.6 Å². The van der Waals surface area contributed by atoms with Gasteiger partial charge in [-0.2, -0.15) is 0 Å². The molecule has 3 heteroatoms. The Morgan fingerprint density at radius 2 is 2.42 bits per heavy atom. The van der Waals surface area contributed by atoms with Crippen molar-refractivity contribution in [3.05, 3.63) is 11.1 Å². The molecule has 1 nitrogen and oxygen atoms in total. The molecule has 0 aromatic heterocycles. The standard InChI is InChI=1S/C9H15Cl2N/c1-8(5-10)7-12-4-2-3-9(12)6-11/h5,9H,2-4,6-7H2,1H3. The predicted molar refractivity (Wildman–Crippen MR) is 54.9 cm³/mol. The highest BCUT2D eigenvalue weighted by Gasteiger charge is 2.22. The van der Waals surface area contributed by atoms with Crippen LogP contribution in [0, 0.1) is 0 Å². The van der Waals surface area contributed by atoms with Crippen molar-refractivity contribution in [3.8, 4) is 0 Å². The molecule has 1 aliphatic heterocycles. The fourth-order valence-corrected chi connectivity index (χ4v) is 2.05. The van der Waals surface area contributed by atoms with Crippen LogP contribution >= 0.6 is 23.2 Å². The van der Waals surface area contributed by atoms with E-state index >= 15 is 0 Å². The summed E-state index contributed by atoms with van der Waals surface area (Å²) in [7, 11) is 0. The zero-order chi connectivity index (χ0) is 8.97. The highest BCUT2D eigenvalue weighted by Crippen LogP contribution is 2.19. The quantitative estimate of drug-likeness (QED) is 0.644. The lowest BCUT2D eigenvalue weighted by Gasteiger charge is -2.22. The van der Waals surface area contributed by atoms with Crippen molar-refractivity contribution in [3.63, 3.8) is 0 Å². The lowest BCUT2D eigenvalue weighted by molar-refractivity contribution is 0.294. The second-order valence-electron chi connectivity index (χ2n) is 3.38. The van der Waals surface area contributed by atoms with Gasteiger partial charge in [-0.25, -0.2) is 0 Å². The Morgan fingerprint density at radius 3 is 3.00 bits per heavy atom. The molecule has 70 valence electrons. The number of hydrogen-bond donors (Lipinski definition) is 0. The largest absolute Gasteiger partial charge is 0.295 e. The van der Waals surface area contributed by atoms with E-state index in [2.05, 4.69) is 11.8 Å². The Balaban J connectivity index is 2.40. The summed E-state index contributed by atoms with van der Waals surface area (Å²) in [5.74, 6) is 0.746. The smallest absolute Gasteiger partial charge is 0.0379 e. The molecule has 12 heavy (non-hydrogen) atoms. The van der Waals surface area contributed by atoms with Crippen LogP contribution in [-0.4, -0.2) is 29.9 Å². The van der Waals surface area contributed by atoms with Crippen molar-refractivity contribution >= 4 is 23.2 Å². The molecular weight excluding hydrogens is 193 g/mol. The van der Waals surface area contributed by atoms with Crippen LogP contribution in [0.1, 0.15) is 19.8 Å². The lowest BCUT2D eigenvalue weighted by atomic mass is 10.2. The topological polar surface area (TPSA) is 3.24 Å². The summed E-state index contributed by atoms with van der Waals surface area (Å²) in [5, 5.41) is 0. The minimum Gasteiger partial charge on any atom is -0.295 e. The number of nitrogens with zero attached hydrogens (tertiary/aromatic N) is 1. The molecule has 0 saturated carbocycles. The Hall–Kier alpha value is 0.280. The maximum atomic E-state index is 5.84. The first-order valence-electron chi connectivity index (χ1n) is 4.33. The molecule has 0 amide bonds. The molecule has 1 fully saturated rings. The Bertz CT molecular complexity index is 168. The summed E-state index contributed by atoms with van der Waals surface area (Å²) < 4.78 is 0. The van der Waals surface area contributed by atoms with E-state index in [4.69, 9.17) is 23.2 Å². The van der Waals surface area contributed by atoms with E-state index in [-0.39, 0.29) is 0 Å². The third kappa shape index (κ3) is 2.65. The molecule has 1 atom stereocenters. The maximum Gasteiger partial charge on any atom is 0.0379 e. The van der Waals surface area contributed by atoms with Gasteiger partial charge in [-0.3, -0.25) is 4.90 Å². The van der Waals surface area contributed by atoms with Gasteiger partial charge in [-0.05, 0) is 31.9 Å². The summed E-state index contributed by atoms with van der Waals surface area (Å²) in [5.41, 5.74) is 2.87. The second-order valence-corrected chi connectivity index (χ2v) is 3.90. The molecule has 1 rings (SSSR count). The van der Waals surface area contributed by atoms with E-state index in [9.17, 15) is 0 Å². The first-order valence-corrected chi connectivity index (χ1v) is 5.31. The average molecular weight is 208 g/mol. The van der Waals surface area contributed by atoms with Crippen molar-refractivity contribution in [2.24, 2.45) is 0 Å². The number of likely N-dealkylation sites (tertiary alicyclic amines) is 1. The Morgan fingerprint density at radius 1 is 1.67 bits per heavy atom. The summed E-state index contributed by atoms with van der Waals surface area (Å²) in [6.07, 6.45) is 2.51. The van der Waals surface area contributed by atoms with Crippen molar-refractivity contribution in [2.75, 3.05) is 19.0 Å². The molecule has 1 unspecified atom stereocenters. The van der Waals surface area contributed by atoms with Gasteiger partial charge < -0.3 is 0 Å². The van der Waals surface area contributed by atoms with Crippen molar-refractivity contribution in [2.45, 2.75) is 25.8 Å². The molecule has 1 aliphatic rings. The van der Waals surface area contributed by atoms with Crippen LogP contribution in [0.3, 0.4) is 0 Å². The summed E-state index contributed by atoms with van der Waals surface area (Å²) in [6, 6.07) is 0.568. The molecule has 0 bridgehead atoms. The van der Waals surface area contributed by atoms with Crippen LogP contribution in [0.4, 0.5) is 0 Å². The van der Waals surface area contributed by atoms with E-state index in [1.165, 1.54) is 25.0 Å². The maximum absolute atomic E-state index is 5.84. The molecular formula is C9H15Cl2N. The van der Waals surface area contributed by atoms with Gasteiger partial charge in [0.1, 0.15) is 0 Å². The number of rotatable bonds is 3. The van der Waals surface area contributed by atoms with Gasteiger partial charge >= 0.3 is 0 Å². The predicted octanol–water partition coefficient (Wildman–Crippen LogP) is 2.83. The number of alkyl halides is 1. The first-order chi connectivity index (χ1) is 5.77. The van der Waals surface area contributed by atoms with E-state index in [1.54, 1.807) is 5.54 Å². The van der Waals surface area contributed by atoms with Crippen LogP contribution in [-0.2, 0) is 0 Å². The lowest BCUT2D eigenvalue weighted by Crippen LogP contribution is -2.31.